The van der Waals surface area contributed by atoms with Crippen LogP contribution in [0.15, 0.2) is 29.4 Å². The van der Waals surface area contributed by atoms with Crippen LogP contribution < -0.4 is 11.1 Å². The van der Waals surface area contributed by atoms with E-state index in [0.29, 0.717) is 17.7 Å². The summed E-state index contributed by atoms with van der Waals surface area (Å²) in [5.41, 5.74) is 5.95. The van der Waals surface area contributed by atoms with Gasteiger partial charge in [-0.3, -0.25) is 0 Å². The first-order valence-electron chi connectivity index (χ1n) is 6.51. The number of aromatic nitrogens is 1. The van der Waals surface area contributed by atoms with Crippen molar-refractivity contribution in [3.63, 3.8) is 0 Å². The zero-order valence-corrected chi connectivity index (χ0v) is 11.9. The van der Waals surface area contributed by atoms with Gasteiger partial charge in [-0.05, 0) is 12.1 Å². The summed E-state index contributed by atoms with van der Waals surface area (Å²) in [4.78, 5) is 8.73. The van der Waals surface area contributed by atoms with Gasteiger partial charge in [-0.15, -0.1) is 0 Å². The molecule has 1 aromatic rings. The van der Waals surface area contributed by atoms with Crippen LogP contribution in [-0.4, -0.2) is 30.2 Å². The number of rotatable bonds is 3. The second-order valence-electron chi connectivity index (χ2n) is 5.64. The van der Waals surface area contributed by atoms with Gasteiger partial charge < -0.3 is 15.8 Å². The Kier molecular flexibility index (Phi) is 3.75. The van der Waals surface area contributed by atoms with E-state index in [4.69, 9.17) is 10.5 Å². The van der Waals surface area contributed by atoms with Gasteiger partial charge in [0.25, 0.3) is 0 Å². The van der Waals surface area contributed by atoms with E-state index < -0.39 is 0 Å². The average Bonchev–Trinajstić information content (AvgIpc) is 2.37. The minimum atomic E-state index is 0.00455. The quantitative estimate of drug-likeness (QED) is 0.644. The van der Waals surface area contributed by atoms with Crippen LogP contribution in [0.4, 0.5) is 5.82 Å². The summed E-state index contributed by atoms with van der Waals surface area (Å²) in [5.74, 6) is 1.47. The number of pyridine rings is 1. The molecule has 1 aliphatic rings. The number of aliphatic imine (C=N–C) groups is 1. The van der Waals surface area contributed by atoms with Crippen molar-refractivity contribution in [3.05, 3.63) is 24.4 Å². The maximum Gasteiger partial charge on any atom is 0.194 e. The molecule has 1 heterocycles. The molecule has 0 saturated heterocycles. The molecule has 3 atom stereocenters. The number of methoxy groups -OCH3 is 1. The number of nitrogens with two attached hydrogens (primary N) is 1. The molecule has 0 aliphatic heterocycles. The summed E-state index contributed by atoms with van der Waals surface area (Å²) >= 11 is 0. The topological polar surface area (TPSA) is 72.5 Å². The average molecular weight is 262 g/mol. The van der Waals surface area contributed by atoms with Crippen molar-refractivity contribution in [2.24, 2.45) is 22.1 Å². The second kappa shape index (κ2) is 5.17. The Morgan fingerprint density at radius 1 is 1.47 bits per heavy atom. The van der Waals surface area contributed by atoms with Gasteiger partial charge in [-0.1, -0.05) is 26.8 Å². The Labute approximate surface area is 114 Å². The fraction of sp³-hybridized carbons (Fsp3) is 0.571. The Balaban J connectivity index is 2.06. The summed E-state index contributed by atoms with van der Waals surface area (Å²) in [5, 5.41) is 3.01. The van der Waals surface area contributed by atoms with Crippen molar-refractivity contribution in [2.45, 2.75) is 32.9 Å². The van der Waals surface area contributed by atoms with E-state index in [-0.39, 0.29) is 17.6 Å². The van der Waals surface area contributed by atoms with Crippen LogP contribution in [0.1, 0.15) is 20.8 Å². The van der Waals surface area contributed by atoms with Crippen LogP contribution in [0, 0.1) is 11.3 Å². The van der Waals surface area contributed by atoms with Gasteiger partial charge in [0.1, 0.15) is 5.82 Å². The fourth-order valence-electron chi connectivity index (χ4n) is 3.12. The van der Waals surface area contributed by atoms with Gasteiger partial charge in [0.2, 0.25) is 0 Å². The molecule has 3 unspecified atom stereocenters. The van der Waals surface area contributed by atoms with E-state index in [2.05, 4.69) is 36.1 Å². The third-order valence-electron chi connectivity index (χ3n) is 3.92. The minimum Gasteiger partial charge on any atom is -0.380 e. The summed E-state index contributed by atoms with van der Waals surface area (Å²) in [6.07, 6.45) is 1.94. The Morgan fingerprint density at radius 2 is 2.21 bits per heavy atom. The van der Waals surface area contributed by atoms with Crippen molar-refractivity contribution in [1.82, 2.24) is 4.98 Å². The molecule has 2 rings (SSSR count). The first kappa shape index (κ1) is 13.8. The molecular formula is C14H22N4O. The lowest BCUT2D eigenvalue weighted by molar-refractivity contribution is -0.132. The molecule has 0 radical (unpaired) electrons. The van der Waals surface area contributed by atoms with Gasteiger partial charge in [0.05, 0.1) is 12.1 Å². The van der Waals surface area contributed by atoms with Crippen LogP contribution in [0.3, 0.4) is 0 Å². The summed E-state index contributed by atoms with van der Waals surface area (Å²) in [6, 6.07) is 5.78. The molecular weight excluding hydrogens is 240 g/mol. The van der Waals surface area contributed by atoms with Crippen molar-refractivity contribution in [3.8, 4) is 0 Å². The molecule has 5 nitrogen and oxygen atoms in total. The molecule has 0 amide bonds. The van der Waals surface area contributed by atoms with E-state index in [1.165, 1.54) is 0 Å². The molecule has 19 heavy (non-hydrogen) atoms. The first-order chi connectivity index (χ1) is 8.96. The monoisotopic (exact) mass is 262 g/mol. The molecule has 0 bridgehead atoms. The lowest BCUT2D eigenvalue weighted by Crippen LogP contribution is -2.61. The van der Waals surface area contributed by atoms with Crippen molar-refractivity contribution in [1.29, 1.82) is 0 Å². The van der Waals surface area contributed by atoms with Crippen molar-refractivity contribution in [2.75, 3.05) is 12.4 Å². The number of anilines is 1. The third-order valence-corrected chi connectivity index (χ3v) is 3.92. The number of guanidine groups is 1. The van der Waals surface area contributed by atoms with Gasteiger partial charge in [-0.25, -0.2) is 9.98 Å². The first-order valence-corrected chi connectivity index (χ1v) is 6.51. The van der Waals surface area contributed by atoms with E-state index in [0.717, 1.165) is 0 Å². The normalized spacial score (nSPS) is 29.7. The number of nitrogens with zero attached hydrogens (tertiary/aromatic N) is 2. The summed E-state index contributed by atoms with van der Waals surface area (Å²) < 4.78 is 5.50. The zero-order chi connectivity index (χ0) is 14.0. The predicted molar refractivity (Wildman–Crippen MR) is 77.0 cm³/mol. The van der Waals surface area contributed by atoms with E-state index in [1.54, 1.807) is 13.3 Å². The number of ether oxygens (including phenoxy) is 1. The van der Waals surface area contributed by atoms with Gasteiger partial charge >= 0.3 is 0 Å². The zero-order valence-electron chi connectivity index (χ0n) is 11.9. The molecule has 0 spiro atoms. The van der Waals surface area contributed by atoms with Crippen molar-refractivity contribution < 1.29 is 4.74 Å². The highest BCUT2D eigenvalue weighted by Crippen LogP contribution is 2.48. The van der Waals surface area contributed by atoms with E-state index >= 15 is 0 Å². The molecule has 0 aromatic carbocycles. The Morgan fingerprint density at radius 3 is 2.74 bits per heavy atom. The minimum absolute atomic E-state index is 0.00455. The van der Waals surface area contributed by atoms with Crippen LogP contribution in [-0.2, 0) is 4.74 Å². The highest BCUT2D eigenvalue weighted by Gasteiger charge is 2.54. The Hall–Kier alpha value is -1.62. The molecule has 3 N–H and O–H groups in total. The molecule has 1 saturated carbocycles. The molecule has 1 fully saturated rings. The van der Waals surface area contributed by atoms with Gasteiger partial charge in [0.15, 0.2) is 5.96 Å². The fourth-order valence-corrected chi connectivity index (χ4v) is 3.12. The number of nitrogens with one attached hydrogen (secondary N) is 1. The molecule has 1 aromatic heterocycles. The smallest absolute Gasteiger partial charge is 0.194 e. The predicted octanol–water partition coefficient (Wildman–Crippen LogP) is 1.87. The molecule has 1 aliphatic carbocycles. The standard InChI is InChI=1S/C14H22N4O/c1-9-11(14(2,3)12(9)19-4)18-13(15)17-10-7-5-6-8-16-10/h5-9,11-12H,1-4H3,(H3,15,16,17,18). The maximum atomic E-state index is 5.94. The van der Waals surface area contributed by atoms with E-state index in [1.807, 2.05) is 18.2 Å². The molecule has 5 heteroatoms. The Bertz CT molecular complexity index is 458. The van der Waals surface area contributed by atoms with E-state index in [9.17, 15) is 0 Å². The highest BCUT2D eigenvalue weighted by atomic mass is 16.5. The van der Waals surface area contributed by atoms with Gasteiger partial charge in [0, 0.05) is 24.6 Å². The second-order valence-corrected chi connectivity index (χ2v) is 5.64. The largest absolute Gasteiger partial charge is 0.380 e. The SMILES string of the molecule is COC1C(C)C(N=C(N)Nc2ccccn2)C1(C)C. The van der Waals surface area contributed by atoms with Crippen LogP contribution in [0.2, 0.25) is 0 Å². The third kappa shape index (κ3) is 2.56. The molecule has 104 valence electrons. The number of hydrogen-bond donors (Lipinski definition) is 2. The van der Waals surface area contributed by atoms with Gasteiger partial charge in [-0.2, -0.15) is 0 Å². The van der Waals surface area contributed by atoms with Crippen LogP contribution >= 0.6 is 0 Å². The highest BCUT2D eigenvalue weighted by molar-refractivity contribution is 5.91. The number of hydrogen-bond acceptors (Lipinski definition) is 3. The lowest BCUT2D eigenvalue weighted by atomic mass is 9.58. The van der Waals surface area contributed by atoms with Crippen LogP contribution in [0.25, 0.3) is 0 Å². The maximum absolute atomic E-state index is 5.94. The summed E-state index contributed by atoms with van der Waals surface area (Å²) in [7, 11) is 1.75. The van der Waals surface area contributed by atoms with Crippen LogP contribution in [0.5, 0.6) is 0 Å². The van der Waals surface area contributed by atoms with Crippen molar-refractivity contribution >= 4 is 11.8 Å². The lowest BCUT2D eigenvalue weighted by Gasteiger charge is -2.54. The summed E-state index contributed by atoms with van der Waals surface area (Å²) in [6.45, 7) is 6.45.